The van der Waals surface area contributed by atoms with E-state index in [2.05, 4.69) is 25.3 Å². The van der Waals surface area contributed by atoms with E-state index < -0.39 is 0 Å². The maximum atomic E-state index is 5.31. The molecule has 3 rings (SSSR count). The van der Waals surface area contributed by atoms with E-state index in [0.717, 1.165) is 22.3 Å². The third-order valence-corrected chi connectivity index (χ3v) is 3.29. The molecule has 0 saturated carbocycles. The van der Waals surface area contributed by atoms with E-state index in [4.69, 9.17) is 4.74 Å². The SMILES string of the molecule is CNC(c1nccnc1OC)c1cccc2nccnc12. The summed E-state index contributed by atoms with van der Waals surface area (Å²) in [6, 6.07) is 5.73. The minimum atomic E-state index is -0.172. The number of rotatable bonds is 4. The zero-order chi connectivity index (χ0) is 14.7. The van der Waals surface area contributed by atoms with Crippen molar-refractivity contribution < 1.29 is 4.74 Å². The number of nitrogens with zero attached hydrogens (tertiary/aromatic N) is 4. The van der Waals surface area contributed by atoms with Crippen LogP contribution in [0.5, 0.6) is 5.88 Å². The fourth-order valence-corrected chi connectivity index (χ4v) is 2.38. The first-order valence-corrected chi connectivity index (χ1v) is 6.57. The van der Waals surface area contributed by atoms with Crippen LogP contribution in [-0.4, -0.2) is 34.1 Å². The van der Waals surface area contributed by atoms with Gasteiger partial charge in [0, 0.05) is 30.4 Å². The summed E-state index contributed by atoms with van der Waals surface area (Å²) < 4.78 is 5.31. The smallest absolute Gasteiger partial charge is 0.237 e. The zero-order valence-electron chi connectivity index (χ0n) is 11.8. The van der Waals surface area contributed by atoms with Gasteiger partial charge in [-0.1, -0.05) is 12.1 Å². The Kier molecular flexibility index (Phi) is 3.70. The number of aromatic nitrogens is 4. The zero-order valence-corrected chi connectivity index (χ0v) is 11.8. The van der Waals surface area contributed by atoms with Gasteiger partial charge >= 0.3 is 0 Å². The average Bonchev–Trinajstić information content (AvgIpc) is 2.56. The molecule has 6 nitrogen and oxygen atoms in total. The van der Waals surface area contributed by atoms with Gasteiger partial charge in [0.25, 0.3) is 0 Å². The standard InChI is InChI=1S/C15H15N5O/c1-16-13(14-15(21-2)20-9-8-19-14)10-4-3-5-11-12(10)18-7-6-17-11/h3-9,13,16H,1-2H3. The Hall–Kier alpha value is -2.60. The van der Waals surface area contributed by atoms with Gasteiger partial charge in [-0.15, -0.1) is 0 Å². The van der Waals surface area contributed by atoms with E-state index in [1.165, 1.54) is 0 Å². The first-order chi connectivity index (χ1) is 10.3. The number of hydrogen-bond donors (Lipinski definition) is 1. The van der Waals surface area contributed by atoms with Gasteiger partial charge in [-0.3, -0.25) is 15.0 Å². The molecule has 0 spiro atoms. The van der Waals surface area contributed by atoms with Gasteiger partial charge in [0.1, 0.15) is 5.69 Å². The molecule has 6 heteroatoms. The Morgan fingerprint density at radius 1 is 1.00 bits per heavy atom. The highest BCUT2D eigenvalue weighted by Gasteiger charge is 2.21. The molecule has 2 heterocycles. The van der Waals surface area contributed by atoms with Crippen LogP contribution in [0.4, 0.5) is 0 Å². The second-order valence-electron chi connectivity index (χ2n) is 4.44. The lowest BCUT2D eigenvalue weighted by molar-refractivity contribution is 0.384. The van der Waals surface area contributed by atoms with Gasteiger partial charge in [-0.25, -0.2) is 4.98 Å². The average molecular weight is 281 g/mol. The van der Waals surface area contributed by atoms with Crippen LogP contribution in [0.25, 0.3) is 11.0 Å². The molecular weight excluding hydrogens is 266 g/mol. The number of hydrogen-bond acceptors (Lipinski definition) is 6. The summed E-state index contributed by atoms with van der Waals surface area (Å²) in [4.78, 5) is 17.4. The second kappa shape index (κ2) is 5.80. The molecule has 0 amide bonds. The third-order valence-electron chi connectivity index (χ3n) is 3.29. The minimum absolute atomic E-state index is 0.172. The summed E-state index contributed by atoms with van der Waals surface area (Å²) in [5.41, 5.74) is 3.40. The molecule has 0 aliphatic carbocycles. The normalized spacial score (nSPS) is 12.3. The van der Waals surface area contributed by atoms with Crippen molar-refractivity contribution in [2.45, 2.75) is 6.04 Å². The molecule has 0 aliphatic heterocycles. The summed E-state index contributed by atoms with van der Waals surface area (Å²) in [7, 11) is 3.46. The van der Waals surface area contributed by atoms with E-state index in [9.17, 15) is 0 Å². The Balaban J connectivity index is 2.19. The predicted octanol–water partition coefficient (Wildman–Crippen LogP) is 1.74. The van der Waals surface area contributed by atoms with Gasteiger partial charge in [-0.05, 0) is 13.1 Å². The highest BCUT2D eigenvalue weighted by molar-refractivity contribution is 5.78. The van der Waals surface area contributed by atoms with Crippen molar-refractivity contribution in [3.05, 3.63) is 54.2 Å². The lowest BCUT2D eigenvalue weighted by Gasteiger charge is -2.18. The Labute approximate surface area is 122 Å². The summed E-state index contributed by atoms with van der Waals surface area (Å²) >= 11 is 0. The van der Waals surface area contributed by atoms with Crippen molar-refractivity contribution in [1.82, 2.24) is 25.3 Å². The summed E-state index contributed by atoms with van der Waals surface area (Å²) in [5, 5.41) is 3.25. The van der Waals surface area contributed by atoms with Crippen LogP contribution in [0, 0.1) is 0 Å². The number of benzene rings is 1. The molecule has 0 bridgehead atoms. The molecule has 0 aliphatic rings. The van der Waals surface area contributed by atoms with E-state index in [1.54, 1.807) is 31.9 Å². The van der Waals surface area contributed by atoms with Gasteiger partial charge in [0.2, 0.25) is 5.88 Å². The van der Waals surface area contributed by atoms with E-state index >= 15 is 0 Å². The molecule has 2 aromatic heterocycles. The molecule has 1 N–H and O–H groups in total. The van der Waals surface area contributed by atoms with Gasteiger partial charge in [0.15, 0.2) is 0 Å². The van der Waals surface area contributed by atoms with Crippen molar-refractivity contribution in [3.8, 4) is 5.88 Å². The topological polar surface area (TPSA) is 72.8 Å². The quantitative estimate of drug-likeness (QED) is 0.785. The number of para-hydroxylation sites is 1. The van der Waals surface area contributed by atoms with Crippen LogP contribution in [-0.2, 0) is 0 Å². The van der Waals surface area contributed by atoms with Crippen molar-refractivity contribution >= 4 is 11.0 Å². The molecule has 0 radical (unpaired) electrons. The van der Waals surface area contributed by atoms with E-state index in [-0.39, 0.29) is 6.04 Å². The number of fused-ring (bicyclic) bond motifs is 1. The highest BCUT2D eigenvalue weighted by atomic mass is 16.5. The van der Waals surface area contributed by atoms with Crippen molar-refractivity contribution in [1.29, 1.82) is 0 Å². The minimum Gasteiger partial charge on any atom is -0.480 e. The van der Waals surface area contributed by atoms with Gasteiger partial charge < -0.3 is 10.1 Å². The third kappa shape index (κ3) is 2.41. The van der Waals surface area contributed by atoms with Crippen molar-refractivity contribution in [2.75, 3.05) is 14.2 Å². The first-order valence-electron chi connectivity index (χ1n) is 6.57. The molecule has 106 valence electrons. The maximum absolute atomic E-state index is 5.31. The molecule has 1 aromatic carbocycles. The largest absolute Gasteiger partial charge is 0.480 e. The molecule has 21 heavy (non-hydrogen) atoms. The summed E-state index contributed by atoms with van der Waals surface area (Å²) in [5.74, 6) is 0.498. The van der Waals surface area contributed by atoms with Crippen molar-refractivity contribution in [3.63, 3.8) is 0 Å². The predicted molar refractivity (Wildman–Crippen MR) is 79.0 cm³/mol. The van der Waals surface area contributed by atoms with Crippen LogP contribution in [0.15, 0.2) is 43.0 Å². The van der Waals surface area contributed by atoms with E-state index in [0.29, 0.717) is 5.88 Å². The van der Waals surface area contributed by atoms with Crippen LogP contribution < -0.4 is 10.1 Å². The van der Waals surface area contributed by atoms with Crippen molar-refractivity contribution in [2.24, 2.45) is 0 Å². The summed E-state index contributed by atoms with van der Waals surface area (Å²) in [6.07, 6.45) is 6.63. The van der Waals surface area contributed by atoms with Gasteiger partial charge in [-0.2, -0.15) is 0 Å². The Bertz CT molecular complexity index is 756. The second-order valence-corrected chi connectivity index (χ2v) is 4.44. The number of methoxy groups -OCH3 is 1. The molecule has 0 fully saturated rings. The van der Waals surface area contributed by atoms with Gasteiger partial charge in [0.05, 0.1) is 24.2 Å². The number of ether oxygens (including phenoxy) is 1. The fourth-order valence-electron chi connectivity index (χ4n) is 2.38. The number of nitrogens with one attached hydrogen (secondary N) is 1. The summed E-state index contributed by atoms with van der Waals surface area (Å²) in [6.45, 7) is 0. The molecule has 0 saturated heterocycles. The van der Waals surface area contributed by atoms with Crippen LogP contribution >= 0.6 is 0 Å². The first kappa shape index (κ1) is 13.4. The van der Waals surface area contributed by atoms with E-state index in [1.807, 2.05) is 25.2 Å². The lowest BCUT2D eigenvalue weighted by Crippen LogP contribution is -2.20. The fraction of sp³-hybridized carbons (Fsp3) is 0.200. The lowest BCUT2D eigenvalue weighted by atomic mass is 10.0. The highest BCUT2D eigenvalue weighted by Crippen LogP contribution is 2.29. The van der Waals surface area contributed by atoms with Crippen LogP contribution in [0.3, 0.4) is 0 Å². The van der Waals surface area contributed by atoms with Crippen LogP contribution in [0.1, 0.15) is 17.3 Å². The monoisotopic (exact) mass is 281 g/mol. The van der Waals surface area contributed by atoms with Crippen LogP contribution in [0.2, 0.25) is 0 Å². The molecular formula is C15H15N5O. The molecule has 1 unspecified atom stereocenters. The molecule has 3 aromatic rings. The maximum Gasteiger partial charge on any atom is 0.237 e. The molecule has 1 atom stereocenters. The Morgan fingerprint density at radius 3 is 2.57 bits per heavy atom. The Morgan fingerprint density at radius 2 is 1.76 bits per heavy atom.